The standard InChI is InChI=1S/C18H28N2O5/c1-12-7-6-8-13(2)16(12)19-15(22)10-9-14(11-21)20(17(23)24)25-18(3,4)5/h6-8,14,21H,9-11H2,1-5H3,(H,19,22)(H,23,24)/t14-/m0/s1. The Morgan fingerprint density at radius 2 is 1.80 bits per heavy atom. The van der Waals surface area contributed by atoms with Gasteiger partial charge in [0, 0.05) is 12.1 Å². The zero-order chi connectivity index (χ0) is 19.2. The van der Waals surface area contributed by atoms with E-state index in [1.165, 1.54) is 0 Å². The highest BCUT2D eigenvalue weighted by Gasteiger charge is 2.29. The van der Waals surface area contributed by atoms with Crippen molar-refractivity contribution in [3.63, 3.8) is 0 Å². The van der Waals surface area contributed by atoms with Crippen LogP contribution in [0.25, 0.3) is 0 Å². The summed E-state index contributed by atoms with van der Waals surface area (Å²) >= 11 is 0. The lowest BCUT2D eigenvalue weighted by atomic mass is 10.1. The molecule has 0 heterocycles. The molecule has 1 aromatic carbocycles. The van der Waals surface area contributed by atoms with Crippen LogP contribution in [0.5, 0.6) is 0 Å². The smallest absolute Gasteiger partial charge is 0.431 e. The third-order valence-electron chi connectivity index (χ3n) is 3.55. The monoisotopic (exact) mass is 352 g/mol. The Morgan fingerprint density at radius 3 is 2.24 bits per heavy atom. The van der Waals surface area contributed by atoms with E-state index in [0.29, 0.717) is 0 Å². The number of aliphatic hydroxyl groups excluding tert-OH is 1. The second-order valence-corrected chi connectivity index (χ2v) is 7.00. The number of carbonyl (C=O) groups is 2. The molecule has 0 saturated heterocycles. The maximum atomic E-state index is 12.2. The first-order valence-electron chi connectivity index (χ1n) is 8.23. The van der Waals surface area contributed by atoms with Gasteiger partial charge in [0.2, 0.25) is 5.91 Å². The lowest BCUT2D eigenvalue weighted by Gasteiger charge is -2.32. The molecular weight excluding hydrogens is 324 g/mol. The van der Waals surface area contributed by atoms with Gasteiger partial charge in [0.05, 0.1) is 18.2 Å². The van der Waals surface area contributed by atoms with Crippen molar-refractivity contribution in [1.29, 1.82) is 0 Å². The molecule has 1 atom stereocenters. The average Bonchev–Trinajstić information content (AvgIpc) is 2.49. The maximum absolute atomic E-state index is 12.2. The first kappa shape index (κ1) is 20.9. The van der Waals surface area contributed by atoms with Gasteiger partial charge in [-0.1, -0.05) is 18.2 Å². The summed E-state index contributed by atoms with van der Waals surface area (Å²) in [5.74, 6) is -0.239. The number of rotatable bonds is 7. The highest BCUT2D eigenvalue weighted by atomic mass is 16.7. The van der Waals surface area contributed by atoms with Gasteiger partial charge in [-0.3, -0.25) is 9.63 Å². The van der Waals surface area contributed by atoms with Crippen LogP contribution in [0.2, 0.25) is 0 Å². The van der Waals surface area contributed by atoms with Crippen molar-refractivity contribution >= 4 is 17.7 Å². The zero-order valence-electron chi connectivity index (χ0n) is 15.5. The molecule has 7 nitrogen and oxygen atoms in total. The molecular formula is C18H28N2O5. The molecule has 0 unspecified atom stereocenters. The number of carbonyl (C=O) groups excluding carboxylic acids is 1. The van der Waals surface area contributed by atoms with E-state index >= 15 is 0 Å². The predicted molar refractivity (Wildman–Crippen MR) is 95.4 cm³/mol. The first-order chi connectivity index (χ1) is 11.5. The Hall–Kier alpha value is -2.12. The molecule has 0 saturated carbocycles. The Balaban J connectivity index is 2.72. The van der Waals surface area contributed by atoms with Crippen molar-refractivity contribution in [2.75, 3.05) is 11.9 Å². The molecule has 0 aliphatic carbocycles. The van der Waals surface area contributed by atoms with Crippen molar-refractivity contribution in [3.8, 4) is 0 Å². The second-order valence-electron chi connectivity index (χ2n) is 7.00. The second kappa shape index (κ2) is 8.82. The molecule has 7 heteroatoms. The molecule has 1 aromatic rings. The Labute approximate surface area is 148 Å². The summed E-state index contributed by atoms with van der Waals surface area (Å²) < 4.78 is 0. The fraction of sp³-hybridized carbons (Fsp3) is 0.556. The molecule has 0 aliphatic heterocycles. The SMILES string of the molecule is Cc1cccc(C)c1NC(=O)CC[C@@H](CO)N(OC(C)(C)C)C(=O)O. The van der Waals surface area contributed by atoms with Gasteiger partial charge < -0.3 is 15.5 Å². The molecule has 25 heavy (non-hydrogen) atoms. The van der Waals surface area contributed by atoms with Gasteiger partial charge in [0.15, 0.2) is 0 Å². The van der Waals surface area contributed by atoms with Gasteiger partial charge >= 0.3 is 6.09 Å². The molecule has 0 bridgehead atoms. The molecule has 0 radical (unpaired) electrons. The number of para-hydroxylation sites is 1. The van der Waals surface area contributed by atoms with Gasteiger partial charge in [-0.05, 0) is 52.2 Å². The quantitative estimate of drug-likeness (QED) is 0.655. The fourth-order valence-corrected chi connectivity index (χ4v) is 2.36. The number of hydroxylamine groups is 2. The number of benzene rings is 1. The Morgan fingerprint density at radius 1 is 1.24 bits per heavy atom. The van der Waals surface area contributed by atoms with E-state index in [9.17, 15) is 19.8 Å². The molecule has 0 aromatic heterocycles. The summed E-state index contributed by atoms with van der Waals surface area (Å²) in [5.41, 5.74) is 1.94. The topological polar surface area (TPSA) is 99.1 Å². The van der Waals surface area contributed by atoms with Crippen LogP contribution in [0.3, 0.4) is 0 Å². The van der Waals surface area contributed by atoms with E-state index in [1.807, 2.05) is 32.0 Å². The van der Waals surface area contributed by atoms with Gasteiger partial charge in [0.1, 0.15) is 0 Å². The average molecular weight is 352 g/mol. The van der Waals surface area contributed by atoms with Crippen molar-refractivity contribution in [2.24, 2.45) is 0 Å². The normalized spacial score (nSPS) is 12.6. The van der Waals surface area contributed by atoms with Crippen LogP contribution in [0.15, 0.2) is 18.2 Å². The van der Waals surface area contributed by atoms with E-state index in [1.54, 1.807) is 20.8 Å². The molecule has 2 amide bonds. The van der Waals surface area contributed by atoms with Crippen LogP contribution in [-0.4, -0.2) is 45.5 Å². The molecule has 3 N–H and O–H groups in total. The molecule has 1 rings (SSSR count). The van der Waals surface area contributed by atoms with Gasteiger partial charge in [-0.2, -0.15) is 5.06 Å². The number of anilines is 1. The van der Waals surface area contributed by atoms with Gasteiger partial charge in [0.25, 0.3) is 0 Å². The van der Waals surface area contributed by atoms with E-state index in [0.717, 1.165) is 21.9 Å². The van der Waals surface area contributed by atoms with Crippen LogP contribution in [0, 0.1) is 13.8 Å². The number of hydrogen-bond acceptors (Lipinski definition) is 4. The molecule has 0 fully saturated rings. The highest BCUT2D eigenvalue weighted by Crippen LogP contribution is 2.21. The molecule has 0 spiro atoms. The number of carboxylic acid groups (broad SMARTS) is 1. The lowest BCUT2D eigenvalue weighted by molar-refractivity contribution is -0.228. The number of hydrogen-bond donors (Lipinski definition) is 3. The molecule has 140 valence electrons. The van der Waals surface area contributed by atoms with Crippen LogP contribution < -0.4 is 5.32 Å². The number of nitrogens with zero attached hydrogens (tertiary/aromatic N) is 1. The number of aliphatic hydroxyl groups is 1. The van der Waals surface area contributed by atoms with E-state index in [-0.39, 0.29) is 18.7 Å². The van der Waals surface area contributed by atoms with Crippen molar-refractivity contribution in [1.82, 2.24) is 5.06 Å². The summed E-state index contributed by atoms with van der Waals surface area (Å²) in [7, 11) is 0. The van der Waals surface area contributed by atoms with E-state index in [2.05, 4.69) is 5.32 Å². The van der Waals surface area contributed by atoms with Crippen molar-refractivity contribution < 1.29 is 24.6 Å². The summed E-state index contributed by atoms with van der Waals surface area (Å²) in [6, 6.07) is 4.90. The minimum atomic E-state index is -1.30. The minimum absolute atomic E-state index is 0.0658. The van der Waals surface area contributed by atoms with E-state index in [4.69, 9.17) is 4.84 Å². The van der Waals surface area contributed by atoms with Gasteiger partial charge in [-0.15, -0.1) is 0 Å². The maximum Gasteiger partial charge on any atom is 0.431 e. The fourth-order valence-electron chi connectivity index (χ4n) is 2.36. The predicted octanol–water partition coefficient (Wildman–Crippen LogP) is 3.09. The summed E-state index contributed by atoms with van der Waals surface area (Å²) in [6.45, 7) is 8.52. The number of amides is 2. The van der Waals surface area contributed by atoms with Crippen molar-refractivity contribution in [2.45, 2.75) is 59.1 Å². The lowest BCUT2D eigenvalue weighted by Crippen LogP contribution is -2.46. The Kier molecular flexibility index (Phi) is 7.38. The third kappa shape index (κ3) is 6.72. The van der Waals surface area contributed by atoms with E-state index < -0.39 is 24.3 Å². The highest BCUT2D eigenvalue weighted by molar-refractivity contribution is 5.92. The summed E-state index contributed by atoms with van der Waals surface area (Å²) in [6.07, 6.45) is -1.09. The van der Waals surface area contributed by atoms with Crippen LogP contribution in [-0.2, 0) is 9.63 Å². The van der Waals surface area contributed by atoms with Crippen LogP contribution in [0.4, 0.5) is 10.5 Å². The van der Waals surface area contributed by atoms with Gasteiger partial charge in [-0.25, -0.2) is 4.79 Å². The summed E-state index contributed by atoms with van der Waals surface area (Å²) in [5, 5.41) is 22.4. The Bertz CT molecular complexity index is 590. The molecule has 0 aliphatic rings. The van der Waals surface area contributed by atoms with Crippen LogP contribution >= 0.6 is 0 Å². The third-order valence-corrected chi connectivity index (χ3v) is 3.55. The largest absolute Gasteiger partial charge is 0.463 e. The zero-order valence-corrected chi connectivity index (χ0v) is 15.5. The van der Waals surface area contributed by atoms with Crippen molar-refractivity contribution in [3.05, 3.63) is 29.3 Å². The first-order valence-corrected chi connectivity index (χ1v) is 8.23. The summed E-state index contributed by atoms with van der Waals surface area (Å²) in [4.78, 5) is 29.0. The van der Waals surface area contributed by atoms with Crippen LogP contribution in [0.1, 0.15) is 44.7 Å². The number of nitrogens with one attached hydrogen (secondary N) is 1. The minimum Gasteiger partial charge on any atom is -0.463 e. The number of aryl methyl sites for hydroxylation is 2.